The predicted octanol–water partition coefficient (Wildman–Crippen LogP) is 7.54. The maximum Gasteiger partial charge on any atom is -1.00 e. The smallest absolute Gasteiger partial charge is 1.00 e. The molecule has 0 spiro atoms. The van der Waals surface area contributed by atoms with Gasteiger partial charge in [0.25, 0.3) is 0 Å². The molecule has 0 saturated carbocycles. The van der Waals surface area contributed by atoms with E-state index >= 15 is 0 Å². The molecule has 1 atom stereocenters. The summed E-state index contributed by atoms with van der Waals surface area (Å²) < 4.78 is 1.79. The molecule has 0 N–H and O–H groups in total. The Bertz CT molecular complexity index is 1550. The molecule has 0 saturated heterocycles. The summed E-state index contributed by atoms with van der Waals surface area (Å²) in [5, 5.41) is 0. The van der Waals surface area contributed by atoms with Crippen molar-refractivity contribution < 1.29 is 49.0 Å². The first-order valence-electron chi connectivity index (χ1n) is 18.8. The van der Waals surface area contributed by atoms with Gasteiger partial charge in [0.15, 0.2) is 0 Å². The quantitative estimate of drug-likeness (QED) is 0.227. The van der Waals surface area contributed by atoms with Gasteiger partial charge in [0.05, 0.1) is 0 Å². The van der Waals surface area contributed by atoms with Crippen molar-refractivity contribution in [2.45, 2.75) is 153 Å². The zero-order chi connectivity index (χ0) is 35.8. The third-order valence-corrected chi connectivity index (χ3v) is 11.6. The Balaban J connectivity index is 0.000000379. The van der Waals surface area contributed by atoms with Crippen molar-refractivity contribution in [3.63, 3.8) is 0 Å². The summed E-state index contributed by atoms with van der Waals surface area (Å²) in [6.07, 6.45) is 23.1. The summed E-state index contributed by atoms with van der Waals surface area (Å²) in [5.74, 6) is 0.556. The minimum Gasteiger partial charge on any atom is -1.00 e. The van der Waals surface area contributed by atoms with Crippen molar-refractivity contribution in [1.29, 1.82) is 0 Å². The Morgan fingerprint density at radius 1 is 0.780 bits per heavy atom. The maximum absolute atomic E-state index is 3.85. The number of rotatable bonds is 6. The molecular formula is C47H64Cl2Zr-2. The van der Waals surface area contributed by atoms with Crippen LogP contribution < -0.4 is 24.8 Å². The molecule has 0 amide bonds. The molecule has 50 heavy (non-hydrogen) atoms. The normalized spacial score (nSPS) is 18.4. The van der Waals surface area contributed by atoms with Crippen LogP contribution in [0.2, 0.25) is 0 Å². The van der Waals surface area contributed by atoms with Crippen LogP contribution >= 0.6 is 0 Å². The number of allylic oxidation sites excluding steroid dienone is 8. The van der Waals surface area contributed by atoms with E-state index in [1.165, 1.54) is 99.8 Å². The molecule has 0 aliphatic heterocycles. The average molecular weight is 791 g/mol. The minimum absolute atomic E-state index is 0. The van der Waals surface area contributed by atoms with Gasteiger partial charge in [0, 0.05) is 5.41 Å². The molecule has 0 nitrogen and oxygen atoms in total. The first kappa shape index (κ1) is 44.9. The molecule has 6 rings (SSSR count). The summed E-state index contributed by atoms with van der Waals surface area (Å²) >= 11 is 1.67. The van der Waals surface area contributed by atoms with E-state index in [-0.39, 0.29) is 46.5 Å². The van der Waals surface area contributed by atoms with Gasteiger partial charge in [-0.25, -0.2) is 17.2 Å². The van der Waals surface area contributed by atoms with Crippen LogP contribution in [0, 0.1) is 28.9 Å². The number of benzene rings is 2. The van der Waals surface area contributed by atoms with E-state index in [1.54, 1.807) is 27.4 Å². The van der Waals surface area contributed by atoms with Crippen molar-refractivity contribution in [2.24, 2.45) is 16.7 Å². The first-order chi connectivity index (χ1) is 22.2. The van der Waals surface area contributed by atoms with E-state index in [0.29, 0.717) is 5.92 Å². The molecular weight excluding hydrogens is 727 g/mol. The Morgan fingerprint density at radius 3 is 1.72 bits per heavy atom. The van der Waals surface area contributed by atoms with Gasteiger partial charge in [-0.05, 0) is 62.3 Å². The SMILES string of the molecule is CC(C)(C)C1=[C-]C(C)(C)c2cc3c(cc21)-c1cc2c(cc1C3)C(C)(C)C=C2C(C)(C)C.CC1=CC(C)[C-]=C1.CCCC[C](=[Zr+2])CCCC.[Cl-].[Cl-]. The Labute approximate surface area is 335 Å². The molecule has 4 aliphatic carbocycles. The Hall–Kier alpha value is -1.27. The third kappa shape index (κ3) is 10.2. The molecule has 2 aromatic carbocycles. The standard InChI is InChI=1S/C31H37.C9H18.C7H9.2ClH.Zr/c1-28(2,3)26-16-30(7,8)24-12-18-11-19-13-25-23(15-21(19)20(18)14-22(24)26)27(29(4,5)6)17-31(25,9)10;1-3-5-7-9-8-6-4-2;1-6-3-4-7(2)5-6;;;/h12-16H,11H2,1-10H3;3-8H2,1-2H3;3,5,7H,1-2H3;2*1H;/q-1;;-1;;;+2/p-2. The summed E-state index contributed by atoms with van der Waals surface area (Å²) in [5.41, 5.74) is 16.2. The van der Waals surface area contributed by atoms with Crippen LogP contribution in [0.4, 0.5) is 0 Å². The fourth-order valence-corrected chi connectivity index (χ4v) is 8.47. The van der Waals surface area contributed by atoms with Crippen molar-refractivity contribution in [3.05, 3.63) is 93.6 Å². The summed E-state index contributed by atoms with van der Waals surface area (Å²) in [4.78, 5) is 0. The van der Waals surface area contributed by atoms with Gasteiger partial charge < -0.3 is 24.8 Å². The number of unbranched alkanes of at least 4 members (excludes halogenated alkanes) is 2. The fraction of sp³-hybridized carbons (Fsp3) is 0.553. The predicted molar refractivity (Wildman–Crippen MR) is 209 cm³/mol. The summed E-state index contributed by atoms with van der Waals surface area (Å²) in [7, 11) is 0. The largest absolute Gasteiger partial charge is 1.00 e. The van der Waals surface area contributed by atoms with Gasteiger partial charge in [0.1, 0.15) is 0 Å². The molecule has 2 aromatic rings. The monoisotopic (exact) mass is 788 g/mol. The molecule has 0 heterocycles. The first-order valence-corrected chi connectivity index (χ1v) is 20.0. The molecule has 0 aromatic heterocycles. The molecule has 0 radical (unpaired) electrons. The van der Waals surface area contributed by atoms with Gasteiger partial charge in [-0.15, -0.1) is 18.6 Å². The van der Waals surface area contributed by atoms with Gasteiger partial charge >= 0.3 is 79.8 Å². The molecule has 4 aliphatic rings. The molecule has 0 bridgehead atoms. The minimum atomic E-state index is -0.0202. The second-order valence-electron chi connectivity index (χ2n) is 18.0. The number of hydrogen-bond acceptors (Lipinski definition) is 0. The van der Waals surface area contributed by atoms with Crippen LogP contribution in [0.1, 0.15) is 169 Å². The van der Waals surface area contributed by atoms with Gasteiger partial charge in [-0.1, -0.05) is 106 Å². The van der Waals surface area contributed by atoms with Crippen LogP contribution in [0.25, 0.3) is 22.3 Å². The summed E-state index contributed by atoms with van der Waals surface area (Å²) in [6.45, 7) is 32.1. The van der Waals surface area contributed by atoms with E-state index in [4.69, 9.17) is 0 Å². The van der Waals surface area contributed by atoms with E-state index < -0.39 is 0 Å². The molecule has 3 heteroatoms. The van der Waals surface area contributed by atoms with E-state index in [9.17, 15) is 0 Å². The van der Waals surface area contributed by atoms with Gasteiger partial charge in [-0.3, -0.25) is 12.2 Å². The zero-order valence-corrected chi connectivity index (χ0v) is 37.8. The maximum atomic E-state index is 3.85. The van der Waals surface area contributed by atoms with Gasteiger partial charge in [0.2, 0.25) is 0 Å². The average Bonchev–Trinajstić information content (AvgIpc) is 3.69. The van der Waals surface area contributed by atoms with Crippen LogP contribution in [0.5, 0.6) is 0 Å². The summed E-state index contributed by atoms with van der Waals surface area (Å²) in [6, 6.07) is 10.0. The van der Waals surface area contributed by atoms with Crippen LogP contribution in [0.15, 0.2) is 48.1 Å². The molecule has 0 fully saturated rings. The Morgan fingerprint density at radius 2 is 1.30 bits per heavy atom. The van der Waals surface area contributed by atoms with Crippen LogP contribution in [0.3, 0.4) is 0 Å². The second kappa shape index (κ2) is 17.3. The zero-order valence-electron chi connectivity index (χ0n) is 33.8. The van der Waals surface area contributed by atoms with Crippen LogP contribution in [-0.4, -0.2) is 3.21 Å². The second-order valence-corrected chi connectivity index (χ2v) is 19.8. The Kier molecular flexibility index (Phi) is 15.5. The number of halogens is 2. The molecule has 272 valence electrons. The van der Waals surface area contributed by atoms with E-state index in [1.807, 2.05) is 6.08 Å². The third-order valence-electron chi connectivity index (χ3n) is 10.3. The van der Waals surface area contributed by atoms with E-state index in [0.717, 1.165) is 6.42 Å². The van der Waals surface area contributed by atoms with Crippen molar-refractivity contribution in [3.8, 4) is 11.1 Å². The van der Waals surface area contributed by atoms with Gasteiger partial charge in [-0.2, -0.15) is 11.6 Å². The fourth-order valence-electron chi connectivity index (χ4n) is 7.60. The number of hydrogen-bond donors (Lipinski definition) is 0. The van der Waals surface area contributed by atoms with Crippen molar-refractivity contribution >= 4 is 14.4 Å². The topological polar surface area (TPSA) is 0 Å². The van der Waals surface area contributed by atoms with Crippen LogP contribution in [-0.2, 0) is 41.5 Å². The van der Waals surface area contributed by atoms with E-state index in [2.05, 4.69) is 146 Å². The number of fused-ring (bicyclic) bond motifs is 5. The molecule has 1 unspecified atom stereocenters. The van der Waals surface area contributed by atoms with Crippen molar-refractivity contribution in [1.82, 2.24) is 0 Å². The van der Waals surface area contributed by atoms with Crippen molar-refractivity contribution in [2.75, 3.05) is 0 Å².